The van der Waals surface area contributed by atoms with E-state index in [2.05, 4.69) is 96.9 Å². The predicted octanol–water partition coefficient (Wildman–Crippen LogP) is 5.77. The Labute approximate surface area is 224 Å². The number of fused-ring (bicyclic) bond motifs is 4. The van der Waals surface area contributed by atoms with Crippen molar-refractivity contribution >= 4 is 34.0 Å². The van der Waals surface area contributed by atoms with Crippen LogP contribution in [0.15, 0.2) is 107 Å². The van der Waals surface area contributed by atoms with E-state index in [1.165, 1.54) is 28.0 Å². The molecular weight excluding hydrogens is 486 g/mol. The Hall–Kier alpha value is -4.22. The van der Waals surface area contributed by atoms with Crippen molar-refractivity contribution in [3.05, 3.63) is 145 Å². The summed E-state index contributed by atoms with van der Waals surface area (Å²) >= 11 is 1.49. The Bertz CT molecular complexity index is 1950. The Balaban J connectivity index is 1.50. The fraction of sp³-hybridized carbons (Fsp3) is 0.152. The summed E-state index contributed by atoms with van der Waals surface area (Å²) in [5.41, 5.74) is 9.29. The Morgan fingerprint density at radius 3 is 2.61 bits per heavy atom. The van der Waals surface area contributed by atoms with Gasteiger partial charge in [0.15, 0.2) is 4.80 Å². The maximum absolute atomic E-state index is 14.1. The van der Waals surface area contributed by atoms with Gasteiger partial charge >= 0.3 is 0 Å². The molecule has 0 bridgehead atoms. The van der Waals surface area contributed by atoms with Crippen LogP contribution < -0.4 is 14.9 Å². The highest BCUT2D eigenvalue weighted by Crippen LogP contribution is 2.41. The molecule has 0 fully saturated rings. The highest BCUT2D eigenvalue weighted by molar-refractivity contribution is 7.07. The molecule has 3 aromatic carbocycles. The number of benzene rings is 3. The predicted molar refractivity (Wildman–Crippen MR) is 156 cm³/mol. The van der Waals surface area contributed by atoms with E-state index in [0.29, 0.717) is 4.53 Å². The van der Waals surface area contributed by atoms with Crippen LogP contribution in [0.25, 0.3) is 22.7 Å². The average Bonchev–Trinajstić information content (AvgIpc) is 3.41. The summed E-state index contributed by atoms with van der Waals surface area (Å²) in [6.45, 7) is 6.79. The second-order valence-electron chi connectivity index (χ2n) is 9.94. The lowest BCUT2D eigenvalue weighted by Crippen LogP contribution is -2.38. The van der Waals surface area contributed by atoms with Crippen LogP contribution in [-0.2, 0) is 13.0 Å². The minimum atomic E-state index is -0.152. The van der Waals surface area contributed by atoms with Crippen molar-refractivity contribution in [3.8, 4) is 0 Å². The van der Waals surface area contributed by atoms with Gasteiger partial charge in [-0.15, -0.1) is 6.58 Å². The number of thiazole rings is 1. The lowest BCUT2D eigenvalue weighted by atomic mass is 9.83. The molecule has 1 unspecified atom stereocenters. The number of nitrogens with zero attached hydrogens (tertiary/aromatic N) is 3. The van der Waals surface area contributed by atoms with E-state index >= 15 is 0 Å². The monoisotopic (exact) mass is 513 g/mol. The van der Waals surface area contributed by atoms with Crippen LogP contribution in [0.5, 0.6) is 0 Å². The minimum Gasteiger partial charge on any atom is -0.340 e. The third-order valence-corrected chi connectivity index (χ3v) is 8.84. The van der Waals surface area contributed by atoms with Crippen LogP contribution >= 0.6 is 11.3 Å². The minimum absolute atomic E-state index is 0.0213. The van der Waals surface area contributed by atoms with E-state index in [4.69, 9.17) is 4.99 Å². The summed E-state index contributed by atoms with van der Waals surface area (Å²) in [5, 5.41) is 1.14. The first kappa shape index (κ1) is 22.9. The number of hydrogen-bond donors (Lipinski definition) is 0. The standard InChI is InChI=1S/C33H27N3OS/c1-3-19-35-21(2)27(25-15-9-10-16-28(25)35)20-29-32(37)36-31(23-12-5-4-6-13-23)26-18-17-22-11-7-8-14-24(22)30(26)34-33(36)38-29/h3-16,20,31H,1,17-19H2,2H3/b29-20+. The van der Waals surface area contributed by atoms with Crippen LogP contribution in [0.4, 0.5) is 0 Å². The van der Waals surface area contributed by atoms with Gasteiger partial charge in [-0.25, -0.2) is 4.99 Å². The van der Waals surface area contributed by atoms with Crippen LogP contribution in [0.3, 0.4) is 0 Å². The molecule has 186 valence electrons. The zero-order chi connectivity index (χ0) is 25.8. The zero-order valence-electron chi connectivity index (χ0n) is 21.2. The first-order valence-electron chi connectivity index (χ1n) is 13.0. The largest absolute Gasteiger partial charge is 0.340 e. The molecule has 0 saturated heterocycles. The molecule has 2 aliphatic rings. The van der Waals surface area contributed by atoms with E-state index in [-0.39, 0.29) is 11.6 Å². The van der Waals surface area contributed by atoms with E-state index in [9.17, 15) is 4.79 Å². The molecule has 5 heteroatoms. The summed E-state index contributed by atoms with van der Waals surface area (Å²) in [7, 11) is 0. The number of aromatic nitrogens is 2. The van der Waals surface area contributed by atoms with Gasteiger partial charge in [0, 0.05) is 34.3 Å². The maximum Gasteiger partial charge on any atom is 0.271 e. The van der Waals surface area contributed by atoms with Crippen molar-refractivity contribution in [3.63, 3.8) is 0 Å². The maximum atomic E-state index is 14.1. The molecule has 1 aliphatic carbocycles. The summed E-state index contributed by atoms with van der Waals surface area (Å²) in [4.78, 5) is 20.0. The first-order valence-corrected chi connectivity index (χ1v) is 13.8. The summed E-state index contributed by atoms with van der Waals surface area (Å²) < 4.78 is 4.90. The highest BCUT2D eigenvalue weighted by atomic mass is 32.1. The van der Waals surface area contributed by atoms with Crippen molar-refractivity contribution in [2.45, 2.75) is 32.4 Å². The Kier molecular flexibility index (Phi) is 5.41. The van der Waals surface area contributed by atoms with Gasteiger partial charge in [0.1, 0.15) is 0 Å². The number of rotatable bonds is 4. The van der Waals surface area contributed by atoms with Crippen molar-refractivity contribution < 1.29 is 0 Å². The second kappa shape index (κ2) is 8.96. The molecule has 7 rings (SSSR count). The number of aryl methyl sites for hydroxylation is 1. The van der Waals surface area contributed by atoms with Crippen LogP contribution in [0.1, 0.15) is 40.4 Å². The average molecular weight is 514 g/mol. The van der Waals surface area contributed by atoms with E-state index < -0.39 is 0 Å². The van der Waals surface area contributed by atoms with E-state index in [1.54, 1.807) is 0 Å². The molecule has 3 heterocycles. The van der Waals surface area contributed by atoms with Gasteiger partial charge in [0.05, 0.1) is 16.3 Å². The van der Waals surface area contributed by atoms with Gasteiger partial charge in [-0.1, -0.05) is 90.2 Å². The van der Waals surface area contributed by atoms with Gasteiger partial charge in [-0.05, 0) is 48.6 Å². The SMILES string of the molecule is C=CCn1c(C)c(/C=c2/sc3n(c2=O)C(c2ccccc2)C2=C(N=3)c3ccccc3CC2)c2ccccc21. The van der Waals surface area contributed by atoms with Gasteiger partial charge in [-0.3, -0.25) is 9.36 Å². The van der Waals surface area contributed by atoms with Crippen molar-refractivity contribution in [1.82, 2.24) is 9.13 Å². The lowest BCUT2D eigenvalue weighted by molar-refractivity contribution is 0.585. The van der Waals surface area contributed by atoms with Crippen molar-refractivity contribution in [2.75, 3.05) is 0 Å². The van der Waals surface area contributed by atoms with Crippen molar-refractivity contribution in [2.24, 2.45) is 4.99 Å². The highest BCUT2D eigenvalue weighted by Gasteiger charge is 2.32. The molecule has 2 aromatic heterocycles. The lowest BCUT2D eigenvalue weighted by Gasteiger charge is -2.30. The quantitative estimate of drug-likeness (QED) is 0.281. The third kappa shape index (κ3) is 3.42. The molecule has 0 spiro atoms. The fourth-order valence-electron chi connectivity index (χ4n) is 6.09. The van der Waals surface area contributed by atoms with Gasteiger partial charge < -0.3 is 4.57 Å². The Morgan fingerprint density at radius 2 is 1.76 bits per heavy atom. The molecule has 0 saturated carbocycles. The molecule has 1 aliphatic heterocycles. The van der Waals surface area contributed by atoms with Gasteiger partial charge in [0.25, 0.3) is 5.56 Å². The molecule has 0 amide bonds. The molecule has 0 N–H and O–H groups in total. The van der Waals surface area contributed by atoms with Gasteiger partial charge in [0.2, 0.25) is 0 Å². The topological polar surface area (TPSA) is 39.3 Å². The summed E-state index contributed by atoms with van der Waals surface area (Å²) in [6.07, 6.45) is 5.84. The number of allylic oxidation sites excluding steroid dienone is 2. The first-order chi connectivity index (χ1) is 18.7. The molecule has 4 nitrogen and oxygen atoms in total. The van der Waals surface area contributed by atoms with Crippen LogP contribution in [-0.4, -0.2) is 9.13 Å². The smallest absolute Gasteiger partial charge is 0.271 e. The molecule has 38 heavy (non-hydrogen) atoms. The number of para-hydroxylation sites is 1. The second-order valence-corrected chi connectivity index (χ2v) is 10.9. The van der Waals surface area contributed by atoms with Crippen LogP contribution in [0, 0.1) is 6.92 Å². The third-order valence-electron chi connectivity index (χ3n) is 7.86. The normalized spacial score (nSPS) is 16.7. The number of hydrogen-bond acceptors (Lipinski definition) is 3. The van der Waals surface area contributed by atoms with Crippen molar-refractivity contribution in [1.29, 1.82) is 0 Å². The summed E-state index contributed by atoms with van der Waals surface area (Å²) in [5.74, 6) is 0. The van der Waals surface area contributed by atoms with E-state index in [0.717, 1.165) is 57.6 Å². The van der Waals surface area contributed by atoms with E-state index in [1.807, 2.05) is 16.7 Å². The zero-order valence-corrected chi connectivity index (χ0v) is 22.0. The fourth-order valence-corrected chi connectivity index (χ4v) is 7.08. The summed E-state index contributed by atoms with van der Waals surface area (Å²) in [6, 6.07) is 27.2. The molecule has 0 radical (unpaired) electrons. The van der Waals surface area contributed by atoms with Gasteiger partial charge in [-0.2, -0.15) is 0 Å². The molecular formula is C33H27N3OS. The Morgan fingerprint density at radius 1 is 1.00 bits per heavy atom. The molecule has 5 aromatic rings. The van der Waals surface area contributed by atoms with Crippen LogP contribution in [0.2, 0.25) is 0 Å². The molecule has 1 atom stereocenters.